The highest BCUT2D eigenvalue weighted by atomic mass is 32.1. The maximum atomic E-state index is 12.7. The Bertz CT molecular complexity index is 904. The number of fused-ring (bicyclic) bond motifs is 1. The molecule has 0 bridgehead atoms. The van der Waals surface area contributed by atoms with E-state index in [9.17, 15) is 4.79 Å². The van der Waals surface area contributed by atoms with Gasteiger partial charge in [0.25, 0.3) is 5.91 Å². The van der Waals surface area contributed by atoms with Crippen molar-refractivity contribution in [3.8, 4) is 0 Å². The van der Waals surface area contributed by atoms with Crippen molar-refractivity contribution in [3.63, 3.8) is 0 Å². The maximum absolute atomic E-state index is 12.7. The standard InChI is InChI=1S/C21H24N2OS/c1-5-6-7-16-8-9-17-18(12-16)25-21(22-17)23-20(24)19-14(3)10-13(2)11-15(19)4/h8-12H,5-7H2,1-4H3,(H,22,23,24). The van der Waals surface area contributed by atoms with Crippen molar-refractivity contribution in [3.05, 3.63) is 58.1 Å². The van der Waals surface area contributed by atoms with E-state index in [2.05, 4.69) is 35.4 Å². The number of carbonyl (C=O) groups excluding carboxylic acids is 1. The van der Waals surface area contributed by atoms with Crippen molar-refractivity contribution in [2.75, 3.05) is 5.32 Å². The van der Waals surface area contributed by atoms with Crippen molar-refractivity contribution >= 4 is 32.6 Å². The molecular formula is C21H24N2OS. The van der Waals surface area contributed by atoms with Gasteiger partial charge in [-0.05, 0) is 62.4 Å². The summed E-state index contributed by atoms with van der Waals surface area (Å²) in [6.45, 7) is 8.21. The fourth-order valence-corrected chi connectivity index (χ4v) is 4.18. The maximum Gasteiger partial charge on any atom is 0.257 e. The van der Waals surface area contributed by atoms with Crippen LogP contribution in [0.25, 0.3) is 10.2 Å². The van der Waals surface area contributed by atoms with Gasteiger partial charge in [0.15, 0.2) is 5.13 Å². The lowest BCUT2D eigenvalue weighted by Gasteiger charge is -2.10. The Morgan fingerprint density at radius 3 is 2.52 bits per heavy atom. The second-order valence-corrected chi connectivity index (χ2v) is 7.68. The first-order valence-corrected chi connectivity index (χ1v) is 9.58. The number of anilines is 1. The van der Waals surface area contributed by atoms with Crippen molar-refractivity contribution in [2.24, 2.45) is 0 Å². The van der Waals surface area contributed by atoms with E-state index in [0.29, 0.717) is 5.13 Å². The summed E-state index contributed by atoms with van der Waals surface area (Å²) < 4.78 is 1.13. The molecule has 25 heavy (non-hydrogen) atoms. The first-order chi connectivity index (χ1) is 12.0. The molecule has 1 aromatic heterocycles. The molecule has 130 valence electrons. The SMILES string of the molecule is CCCCc1ccc2nc(NC(=O)c3c(C)cc(C)cc3C)sc2c1. The molecule has 0 unspecified atom stereocenters. The predicted octanol–water partition coefficient (Wildman–Crippen LogP) is 5.82. The zero-order valence-corrected chi connectivity index (χ0v) is 16.1. The molecular weight excluding hydrogens is 328 g/mol. The van der Waals surface area contributed by atoms with E-state index in [0.717, 1.165) is 33.3 Å². The van der Waals surface area contributed by atoms with Crippen LogP contribution in [0.5, 0.6) is 0 Å². The summed E-state index contributed by atoms with van der Waals surface area (Å²) in [6, 6.07) is 10.5. The number of nitrogens with zero attached hydrogens (tertiary/aromatic N) is 1. The van der Waals surface area contributed by atoms with E-state index >= 15 is 0 Å². The van der Waals surface area contributed by atoms with Crippen LogP contribution in [0.4, 0.5) is 5.13 Å². The van der Waals surface area contributed by atoms with Gasteiger partial charge in [-0.1, -0.05) is 48.4 Å². The van der Waals surface area contributed by atoms with Crippen LogP contribution in [0.2, 0.25) is 0 Å². The quantitative estimate of drug-likeness (QED) is 0.629. The molecule has 2 aromatic carbocycles. The number of amides is 1. The fourth-order valence-electron chi connectivity index (χ4n) is 3.26. The van der Waals surface area contributed by atoms with Crippen LogP contribution in [0, 0.1) is 20.8 Å². The van der Waals surface area contributed by atoms with Crippen molar-refractivity contribution in [2.45, 2.75) is 47.0 Å². The highest BCUT2D eigenvalue weighted by Crippen LogP contribution is 2.28. The molecule has 1 amide bonds. The lowest BCUT2D eigenvalue weighted by molar-refractivity contribution is 0.102. The summed E-state index contributed by atoms with van der Waals surface area (Å²) in [7, 11) is 0. The average molecular weight is 353 g/mol. The molecule has 0 fully saturated rings. The molecule has 0 saturated heterocycles. The fraction of sp³-hybridized carbons (Fsp3) is 0.333. The summed E-state index contributed by atoms with van der Waals surface area (Å²) in [5.41, 5.74) is 6.19. The van der Waals surface area contributed by atoms with Gasteiger partial charge >= 0.3 is 0 Å². The Kier molecular flexibility index (Phi) is 5.19. The number of rotatable bonds is 5. The Morgan fingerprint density at radius 2 is 1.84 bits per heavy atom. The number of thiazole rings is 1. The number of hydrogen-bond acceptors (Lipinski definition) is 3. The van der Waals surface area contributed by atoms with Crippen LogP contribution in [0.3, 0.4) is 0 Å². The zero-order valence-electron chi connectivity index (χ0n) is 15.3. The molecule has 0 aliphatic carbocycles. The summed E-state index contributed by atoms with van der Waals surface area (Å²) in [6.07, 6.45) is 3.48. The summed E-state index contributed by atoms with van der Waals surface area (Å²) in [5, 5.41) is 3.64. The van der Waals surface area contributed by atoms with Gasteiger partial charge in [0, 0.05) is 5.56 Å². The molecule has 3 aromatic rings. The minimum atomic E-state index is -0.0831. The third kappa shape index (κ3) is 3.90. The number of unbranched alkanes of at least 4 members (excludes halogenated alkanes) is 1. The molecule has 0 spiro atoms. The number of carbonyl (C=O) groups is 1. The number of nitrogens with one attached hydrogen (secondary N) is 1. The largest absolute Gasteiger partial charge is 0.298 e. The number of benzene rings is 2. The lowest BCUT2D eigenvalue weighted by atomic mass is 9.99. The predicted molar refractivity (Wildman–Crippen MR) is 107 cm³/mol. The molecule has 4 heteroatoms. The van der Waals surface area contributed by atoms with E-state index in [1.54, 1.807) is 0 Å². The molecule has 3 nitrogen and oxygen atoms in total. The molecule has 0 aliphatic rings. The van der Waals surface area contributed by atoms with Crippen molar-refractivity contribution < 1.29 is 4.79 Å². The number of hydrogen-bond donors (Lipinski definition) is 1. The third-order valence-corrected chi connectivity index (χ3v) is 5.33. The molecule has 1 N–H and O–H groups in total. The van der Waals surface area contributed by atoms with Gasteiger partial charge in [0.1, 0.15) is 0 Å². The van der Waals surface area contributed by atoms with Crippen molar-refractivity contribution in [1.82, 2.24) is 4.98 Å². The second kappa shape index (κ2) is 7.36. The zero-order chi connectivity index (χ0) is 18.0. The van der Waals surface area contributed by atoms with E-state index in [4.69, 9.17) is 0 Å². The smallest absolute Gasteiger partial charge is 0.257 e. The van der Waals surface area contributed by atoms with Gasteiger partial charge in [0.2, 0.25) is 0 Å². The van der Waals surface area contributed by atoms with E-state index in [-0.39, 0.29) is 5.91 Å². The lowest BCUT2D eigenvalue weighted by Crippen LogP contribution is -2.15. The minimum Gasteiger partial charge on any atom is -0.298 e. The van der Waals surface area contributed by atoms with Crippen molar-refractivity contribution in [1.29, 1.82) is 0 Å². The van der Waals surface area contributed by atoms with Gasteiger partial charge in [-0.2, -0.15) is 0 Å². The minimum absolute atomic E-state index is 0.0831. The van der Waals surface area contributed by atoms with Crippen LogP contribution >= 0.6 is 11.3 Å². The highest BCUT2D eigenvalue weighted by Gasteiger charge is 2.15. The van der Waals surface area contributed by atoms with E-state index < -0.39 is 0 Å². The molecule has 1 heterocycles. The summed E-state index contributed by atoms with van der Waals surface area (Å²) in [4.78, 5) is 17.3. The van der Waals surface area contributed by atoms with Crippen LogP contribution in [-0.4, -0.2) is 10.9 Å². The van der Waals surface area contributed by atoms with Gasteiger partial charge < -0.3 is 0 Å². The Hall–Kier alpha value is -2.20. The Morgan fingerprint density at radius 1 is 1.12 bits per heavy atom. The van der Waals surface area contributed by atoms with E-state index in [1.807, 2.05) is 32.9 Å². The van der Waals surface area contributed by atoms with Crippen LogP contribution in [0.1, 0.15) is 52.4 Å². The second-order valence-electron chi connectivity index (χ2n) is 6.65. The summed E-state index contributed by atoms with van der Waals surface area (Å²) >= 11 is 1.54. The van der Waals surface area contributed by atoms with Crippen LogP contribution in [0.15, 0.2) is 30.3 Å². The van der Waals surface area contributed by atoms with E-state index in [1.165, 1.54) is 35.3 Å². The van der Waals surface area contributed by atoms with Crippen LogP contribution in [-0.2, 0) is 6.42 Å². The normalized spacial score (nSPS) is 11.0. The van der Waals surface area contributed by atoms with Gasteiger partial charge in [-0.3, -0.25) is 10.1 Å². The summed E-state index contributed by atoms with van der Waals surface area (Å²) in [5.74, 6) is -0.0831. The van der Waals surface area contributed by atoms with Crippen LogP contribution < -0.4 is 5.32 Å². The van der Waals surface area contributed by atoms with Gasteiger partial charge in [-0.25, -0.2) is 4.98 Å². The first kappa shape index (κ1) is 17.6. The van der Waals surface area contributed by atoms with Gasteiger partial charge in [-0.15, -0.1) is 0 Å². The Labute approximate surface area is 153 Å². The van der Waals surface area contributed by atoms with Gasteiger partial charge in [0.05, 0.1) is 10.2 Å². The highest BCUT2D eigenvalue weighted by molar-refractivity contribution is 7.22. The molecule has 3 rings (SSSR count). The molecule has 0 radical (unpaired) electrons. The average Bonchev–Trinajstić information content (AvgIpc) is 2.93. The monoisotopic (exact) mass is 352 g/mol. The molecule has 0 aliphatic heterocycles. The third-order valence-electron chi connectivity index (χ3n) is 4.40. The first-order valence-electron chi connectivity index (χ1n) is 8.76. The Balaban J connectivity index is 1.84. The number of aryl methyl sites for hydroxylation is 4. The number of aromatic nitrogens is 1. The molecule has 0 atom stereocenters. The topological polar surface area (TPSA) is 42.0 Å². The molecule has 0 saturated carbocycles.